The van der Waals surface area contributed by atoms with Crippen molar-refractivity contribution in [1.82, 2.24) is 4.31 Å². The maximum absolute atomic E-state index is 13.3. The topological polar surface area (TPSA) is 96.0 Å². The van der Waals surface area contributed by atoms with Crippen molar-refractivity contribution in [2.24, 2.45) is 0 Å². The van der Waals surface area contributed by atoms with Gasteiger partial charge in [0.25, 0.3) is 5.91 Å². The van der Waals surface area contributed by atoms with Gasteiger partial charge < -0.3 is 15.0 Å². The Balaban J connectivity index is 1.41. The first kappa shape index (κ1) is 29.7. The number of piperazine rings is 1. The maximum Gasteiger partial charge on any atom is 0.418 e. The fourth-order valence-corrected chi connectivity index (χ4v) is 5.87. The largest absolute Gasteiger partial charge is 0.452 e. The van der Waals surface area contributed by atoms with Crippen molar-refractivity contribution in [2.45, 2.75) is 11.1 Å². The van der Waals surface area contributed by atoms with Crippen LogP contribution in [0.25, 0.3) is 0 Å². The minimum atomic E-state index is -4.79. The number of nitrogens with zero attached hydrogens (tertiary/aromatic N) is 2. The summed E-state index contributed by atoms with van der Waals surface area (Å²) in [5.41, 5.74) is -1.09. The van der Waals surface area contributed by atoms with E-state index in [0.717, 1.165) is 23.9 Å². The van der Waals surface area contributed by atoms with Gasteiger partial charge in [0.05, 0.1) is 26.7 Å². The summed E-state index contributed by atoms with van der Waals surface area (Å²) in [4.78, 5) is 26.7. The van der Waals surface area contributed by atoms with Gasteiger partial charge in [-0.1, -0.05) is 41.4 Å². The van der Waals surface area contributed by atoms with Gasteiger partial charge in [-0.25, -0.2) is 13.2 Å². The lowest BCUT2D eigenvalue weighted by Crippen LogP contribution is -2.48. The molecule has 1 N–H and O–H groups in total. The van der Waals surface area contributed by atoms with Crippen LogP contribution in [0, 0.1) is 0 Å². The first-order valence-electron chi connectivity index (χ1n) is 11.8. The van der Waals surface area contributed by atoms with Gasteiger partial charge in [0.1, 0.15) is 0 Å². The smallest absolute Gasteiger partial charge is 0.418 e. The first-order valence-corrected chi connectivity index (χ1v) is 14.0. The number of sulfonamides is 1. The molecule has 0 aromatic heterocycles. The molecule has 0 atom stereocenters. The van der Waals surface area contributed by atoms with Crippen LogP contribution in [0.4, 0.5) is 24.5 Å². The van der Waals surface area contributed by atoms with Crippen LogP contribution in [0.5, 0.6) is 0 Å². The summed E-state index contributed by atoms with van der Waals surface area (Å²) < 4.78 is 72.5. The standard InChI is InChI=1S/C26H22Cl2F3N3O5S/c27-17-6-9-23(21(14-17)26(29,30)31)32-24(35)16-39-25(36)20-15-19(7-8-22(20)28)40(37,38)34-12-10-33(11-13-34)18-4-2-1-3-5-18/h1-9,14-15H,10-13,16H2,(H,32,35). The Morgan fingerprint density at radius 2 is 1.60 bits per heavy atom. The van der Waals surface area contributed by atoms with Crippen LogP contribution in [0.3, 0.4) is 0 Å². The highest BCUT2D eigenvalue weighted by Gasteiger charge is 2.34. The fourth-order valence-electron chi connectivity index (χ4n) is 4.05. The Morgan fingerprint density at radius 3 is 2.25 bits per heavy atom. The molecule has 0 aliphatic carbocycles. The molecule has 14 heteroatoms. The highest BCUT2D eigenvalue weighted by molar-refractivity contribution is 7.89. The molecule has 0 radical (unpaired) electrons. The van der Waals surface area contributed by atoms with Gasteiger partial charge in [-0.05, 0) is 48.5 Å². The predicted molar refractivity (Wildman–Crippen MR) is 144 cm³/mol. The summed E-state index contributed by atoms with van der Waals surface area (Å²) >= 11 is 11.7. The number of ether oxygens (including phenoxy) is 1. The van der Waals surface area contributed by atoms with E-state index >= 15 is 0 Å². The van der Waals surface area contributed by atoms with E-state index < -0.39 is 45.9 Å². The number of alkyl halides is 3. The van der Waals surface area contributed by atoms with E-state index in [4.69, 9.17) is 27.9 Å². The number of esters is 1. The molecule has 0 saturated carbocycles. The summed E-state index contributed by atoms with van der Waals surface area (Å²) in [6.45, 7) is 0.400. The number of rotatable bonds is 7. The van der Waals surface area contributed by atoms with Crippen molar-refractivity contribution in [2.75, 3.05) is 43.0 Å². The van der Waals surface area contributed by atoms with E-state index in [-0.39, 0.29) is 33.6 Å². The quantitative estimate of drug-likeness (QED) is 0.362. The van der Waals surface area contributed by atoms with Crippen LogP contribution in [-0.2, 0) is 25.7 Å². The van der Waals surface area contributed by atoms with Crippen molar-refractivity contribution in [3.63, 3.8) is 0 Å². The minimum Gasteiger partial charge on any atom is -0.452 e. The lowest BCUT2D eigenvalue weighted by Gasteiger charge is -2.35. The number of para-hydroxylation sites is 1. The molecule has 4 rings (SSSR count). The van der Waals surface area contributed by atoms with E-state index in [2.05, 4.69) is 4.90 Å². The van der Waals surface area contributed by atoms with Gasteiger partial charge in [-0.15, -0.1) is 0 Å². The van der Waals surface area contributed by atoms with Gasteiger partial charge in [-0.3, -0.25) is 4.79 Å². The van der Waals surface area contributed by atoms with Crippen LogP contribution < -0.4 is 10.2 Å². The minimum absolute atomic E-state index is 0.129. The zero-order valence-electron chi connectivity index (χ0n) is 20.6. The number of benzene rings is 3. The average Bonchev–Trinajstić information content (AvgIpc) is 2.93. The third kappa shape index (κ3) is 6.87. The van der Waals surface area contributed by atoms with Crippen LogP contribution in [0.15, 0.2) is 71.6 Å². The normalized spacial score (nSPS) is 14.6. The van der Waals surface area contributed by atoms with Crippen molar-refractivity contribution in [3.05, 3.63) is 87.9 Å². The summed E-state index contributed by atoms with van der Waals surface area (Å²) in [5.74, 6) is -2.18. The molecule has 212 valence electrons. The molecule has 0 bridgehead atoms. The third-order valence-corrected chi connectivity index (χ3v) is 8.51. The Bertz CT molecular complexity index is 1510. The molecule has 8 nitrogen and oxygen atoms in total. The van der Waals surface area contributed by atoms with E-state index in [1.165, 1.54) is 16.4 Å². The molecule has 1 aliphatic rings. The molecule has 1 amide bonds. The molecule has 0 unspecified atom stereocenters. The van der Waals surface area contributed by atoms with Crippen molar-refractivity contribution in [1.29, 1.82) is 0 Å². The molecule has 0 spiro atoms. The number of anilines is 2. The highest BCUT2D eigenvalue weighted by Crippen LogP contribution is 2.36. The van der Waals surface area contributed by atoms with Crippen molar-refractivity contribution >= 4 is 56.5 Å². The molecule has 1 saturated heterocycles. The van der Waals surface area contributed by atoms with Crippen molar-refractivity contribution < 1.29 is 35.9 Å². The molecule has 40 heavy (non-hydrogen) atoms. The van der Waals surface area contributed by atoms with E-state index in [9.17, 15) is 31.2 Å². The Labute approximate surface area is 238 Å². The Morgan fingerprint density at radius 1 is 0.925 bits per heavy atom. The zero-order chi connectivity index (χ0) is 29.1. The Kier molecular flexibility index (Phi) is 8.93. The zero-order valence-corrected chi connectivity index (χ0v) is 22.9. The number of hydrogen-bond donors (Lipinski definition) is 1. The Hall–Kier alpha value is -3.32. The first-order chi connectivity index (χ1) is 18.9. The second-order valence-electron chi connectivity index (χ2n) is 8.68. The predicted octanol–water partition coefficient (Wildman–Crippen LogP) is 5.32. The third-order valence-electron chi connectivity index (χ3n) is 6.05. The van der Waals surface area contributed by atoms with Gasteiger partial charge in [0, 0.05) is 36.9 Å². The average molecular weight is 616 g/mol. The summed E-state index contributed by atoms with van der Waals surface area (Å²) in [5, 5.41) is 1.71. The van der Waals surface area contributed by atoms with Crippen LogP contribution in [0.2, 0.25) is 10.0 Å². The van der Waals surface area contributed by atoms with Crippen LogP contribution >= 0.6 is 23.2 Å². The van der Waals surface area contributed by atoms with E-state index in [1.54, 1.807) is 0 Å². The monoisotopic (exact) mass is 615 g/mol. The van der Waals surface area contributed by atoms with Gasteiger partial charge >= 0.3 is 12.1 Å². The number of amides is 1. The summed E-state index contributed by atoms with van der Waals surface area (Å²) in [6, 6.07) is 15.8. The molecular weight excluding hydrogens is 594 g/mol. The SMILES string of the molecule is O=C(COC(=O)c1cc(S(=O)(=O)N2CCN(c3ccccc3)CC2)ccc1Cl)Nc1ccc(Cl)cc1C(F)(F)F. The molecule has 3 aromatic carbocycles. The van der Waals surface area contributed by atoms with E-state index in [1.807, 2.05) is 35.6 Å². The highest BCUT2D eigenvalue weighted by atomic mass is 35.5. The molecule has 3 aromatic rings. The molecule has 1 fully saturated rings. The van der Waals surface area contributed by atoms with Crippen molar-refractivity contribution in [3.8, 4) is 0 Å². The van der Waals surface area contributed by atoms with Gasteiger partial charge in [0.2, 0.25) is 10.0 Å². The second-order valence-corrected chi connectivity index (χ2v) is 11.5. The summed E-state index contributed by atoms with van der Waals surface area (Å²) in [7, 11) is -3.99. The van der Waals surface area contributed by atoms with Crippen LogP contribution in [0.1, 0.15) is 15.9 Å². The number of carbonyl (C=O) groups excluding carboxylic acids is 2. The summed E-state index contributed by atoms with van der Waals surface area (Å²) in [6.07, 6.45) is -4.79. The molecule has 1 heterocycles. The number of carbonyl (C=O) groups is 2. The fraction of sp³-hybridized carbons (Fsp3) is 0.231. The molecule has 1 aliphatic heterocycles. The molecular formula is C26H22Cl2F3N3O5S. The van der Waals surface area contributed by atoms with E-state index in [0.29, 0.717) is 19.2 Å². The van der Waals surface area contributed by atoms with Gasteiger partial charge in [-0.2, -0.15) is 17.5 Å². The lowest BCUT2D eigenvalue weighted by atomic mass is 10.1. The van der Waals surface area contributed by atoms with Crippen LogP contribution in [-0.4, -0.2) is 57.4 Å². The number of halogens is 5. The number of hydrogen-bond acceptors (Lipinski definition) is 6. The number of nitrogens with one attached hydrogen (secondary N) is 1. The second kappa shape index (κ2) is 12.0. The van der Waals surface area contributed by atoms with Gasteiger partial charge in [0.15, 0.2) is 6.61 Å². The maximum atomic E-state index is 13.3. The lowest BCUT2D eigenvalue weighted by molar-refractivity contribution is -0.137.